The molecular weight excluding hydrogens is 174 g/mol. The first kappa shape index (κ1) is 9.44. The Bertz CT molecular complexity index is 369. The zero-order valence-corrected chi connectivity index (χ0v) is 9.09. The predicted molar refractivity (Wildman–Crippen MR) is 57.1 cm³/mol. The summed E-state index contributed by atoms with van der Waals surface area (Å²) in [5, 5.41) is 0. The lowest BCUT2D eigenvalue weighted by Crippen LogP contribution is -2.27. The lowest BCUT2D eigenvalue weighted by atomic mass is 9.74. The second kappa shape index (κ2) is 2.94. The summed E-state index contributed by atoms with van der Waals surface area (Å²) in [6.07, 6.45) is 3.43. The van der Waals surface area contributed by atoms with Crippen LogP contribution in [0.4, 0.5) is 5.82 Å². The topological polar surface area (TPSA) is 51.8 Å². The van der Waals surface area contributed by atoms with Crippen molar-refractivity contribution in [2.75, 3.05) is 5.73 Å². The highest BCUT2D eigenvalue weighted by atomic mass is 15.0. The summed E-state index contributed by atoms with van der Waals surface area (Å²) < 4.78 is 0. The monoisotopic (exact) mass is 191 g/mol. The second-order valence-corrected chi connectivity index (χ2v) is 4.72. The maximum atomic E-state index is 5.97. The highest BCUT2D eigenvalue weighted by molar-refractivity contribution is 5.48. The Morgan fingerprint density at radius 2 is 2.00 bits per heavy atom. The molecule has 1 heterocycles. The number of rotatable bonds is 0. The number of nitrogens with zero attached hydrogens (tertiary/aromatic N) is 2. The Morgan fingerprint density at radius 1 is 1.29 bits per heavy atom. The van der Waals surface area contributed by atoms with E-state index in [2.05, 4.69) is 23.8 Å². The van der Waals surface area contributed by atoms with Gasteiger partial charge in [0.1, 0.15) is 11.6 Å². The molecule has 1 aromatic rings. The van der Waals surface area contributed by atoms with Crippen LogP contribution in [-0.4, -0.2) is 9.97 Å². The van der Waals surface area contributed by atoms with Gasteiger partial charge in [-0.05, 0) is 31.6 Å². The third-order valence-corrected chi connectivity index (χ3v) is 3.02. The van der Waals surface area contributed by atoms with Crippen LogP contribution in [0.25, 0.3) is 0 Å². The Hall–Kier alpha value is -1.12. The summed E-state index contributed by atoms with van der Waals surface area (Å²) in [5.74, 6) is 1.47. The Balaban J connectivity index is 2.63. The molecule has 3 nitrogen and oxygen atoms in total. The lowest BCUT2D eigenvalue weighted by Gasteiger charge is -2.32. The number of nitrogens with two attached hydrogens (primary N) is 1. The largest absolute Gasteiger partial charge is 0.383 e. The number of hydrogen-bond donors (Lipinski definition) is 1. The van der Waals surface area contributed by atoms with Crippen LogP contribution in [0.1, 0.15) is 43.8 Å². The molecule has 1 aliphatic carbocycles. The molecular formula is C11H17N3. The van der Waals surface area contributed by atoms with Gasteiger partial charge in [-0.2, -0.15) is 0 Å². The molecule has 0 unspecified atom stereocenters. The van der Waals surface area contributed by atoms with Gasteiger partial charge in [-0.1, -0.05) is 13.8 Å². The maximum absolute atomic E-state index is 5.97. The van der Waals surface area contributed by atoms with E-state index in [-0.39, 0.29) is 5.41 Å². The normalized spacial score (nSPS) is 19.1. The first-order chi connectivity index (χ1) is 6.50. The van der Waals surface area contributed by atoms with E-state index >= 15 is 0 Å². The highest BCUT2D eigenvalue weighted by Crippen LogP contribution is 2.38. The highest BCUT2D eigenvalue weighted by Gasteiger charge is 2.31. The van der Waals surface area contributed by atoms with Gasteiger partial charge in [0.15, 0.2) is 0 Å². The Kier molecular flexibility index (Phi) is 1.98. The molecule has 0 spiro atoms. The summed E-state index contributed by atoms with van der Waals surface area (Å²) in [7, 11) is 0. The number of anilines is 1. The first-order valence-corrected chi connectivity index (χ1v) is 5.14. The minimum absolute atomic E-state index is 0.144. The van der Waals surface area contributed by atoms with Gasteiger partial charge in [0, 0.05) is 11.3 Å². The molecule has 2 rings (SSSR count). The summed E-state index contributed by atoms with van der Waals surface area (Å²) in [6.45, 7) is 6.35. The molecule has 0 saturated heterocycles. The van der Waals surface area contributed by atoms with E-state index in [4.69, 9.17) is 5.73 Å². The van der Waals surface area contributed by atoms with Crippen molar-refractivity contribution in [1.29, 1.82) is 0 Å². The predicted octanol–water partition coefficient (Wildman–Crippen LogP) is 1.98. The van der Waals surface area contributed by atoms with Crippen LogP contribution in [0.2, 0.25) is 0 Å². The third-order valence-electron chi connectivity index (χ3n) is 3.02. The van der Waals surface area contributed by atoms with Gasteiger partial charge in [0.2, 0.25) is 0 Å². The minimum atomic E-state index is 0.144. The zero-order chi connectivity index (χ0) is 10.3. The average Bonchev–Trinajstić information content (AvgIpc) is 2.00. The zero-order valence-electron chi connectivity index (χ0n) is 9.09. The van der Waals surface area contributed by atoms with Crippen LogP contribution >= 0.6 is 0 Å². The summed E-state index contributed by atoms with van der Waals surface area (Å²) >= 11 is 0. The quantitative estimate of drug-likeness (QED) is 0.682. The van der Waals surface area contributed by atoms with Crippen molar-refractivity contribution in [1.82, 2.24) is 9.97 Å². The molecule has 0 amide bonds. The standard InChI is InChI=1S/C11H17N3/c1-7-13-8-5-4-6-11(2,3)9(8)10(12)14-7/h4-6H2,1-3H3,(H2,12,13,14). The van der Waals surface area contributed by atoms with Crippen molar-refractivity contribution in [3.05, 3.63) is 17.1 Å². The summed E-state index contributed by atoms with van der Waals surface area (Å²) in [4.78, 5) is 8.73. The fourth-order valence-corrected chi connectivity index (χ4v) is 2.40. The van der Waals surface area contributed by atoms with Gasteiger partial charge >= 0.3 is 0 Å². The maximum Gasteiger partial charge on any atom is 0.131 e. The van der Waals surface area contributed by atoms with Crippen molar-refractivity contribution in [3.63, 3.8) is 0 Å². The van der Waals surface area contributed by atoms with E-state index in [1.54, 1.807) is 0 Å². The molecule has 76 valence electrons. The molecule has 0 aliphatic heterocycles. The molecule has 14 heavy (non-hydrogen) atoms. The van der Waals surface area contributed by atoms with E-state index in [1.165, 1.54) is 18.4 Å². The smallest absolute Gasteiger partial charge is 0.131 e. The number of fused-ring (bicyclic) bond motifs is 1. The number of aromatic nitrogens is 2. The third kappa shape index (κ3) is 1.37. The fourth-order valence-electron chi connectivity index (χ4n) is 2.40. The van der Waals surface area contributed by atoms with Crippen molar-refractivity contribution in [2.45, 2.75) is 45.4 Å². The SMILES string of the molecule is Cc1nc(N)c2c(n1)CCCC2(C)C. The summed E-state index contributed by atoms with van der Waals surface area (Å²) in [6, 6.07) is 0. The van der Waals surface area contributed by atoms with Crippen molar-refractivity contribution in [2.24, 2.45) is 0 Å². The van der Waals surface area contributed by atoms with E-state index in [1.807, 2.05) is 6.92 Å². The molecule has 0 fully saturated rings. The molecule has 1 aliphatic rings. The van der Waals surface area contributed by atoms with Gasteiger partial charge in [-0.15, -0.1) is 0 Å². The Morgan fingerprint density at radius 3 is 2.71 bits per heavy atom. The summed E-state index contributed by atoms with van der Waals surface area (Å²) in [5.41, 5.74) is 8.44. The van der Waals surface area contributed by atoms with Gasteiger partial charge in [-0.3, -0.25) is 0 Å². The van der Waals surface area contributed by atoms with Crippen molar-refractivity contribution >= 4 is 5.82 Å². The van der Waals surface area contributed by atoms with Crippen LogP contribution in [-0.2, 0) is 11.8 Å². The second-order valence-electron chi connectivity index (χ2n) is 4.72. The van der Waals surface area contributed by atoms with E-state index in [9.17, 15) is 0 Å². The van der Waals surface area contributed by atoms with Crippen molar-refractivity contribution < 1.29 is 0 Å². The van der Waals surface area contributed by atoms with E-state index in [0.717, 1.165) is 17.9 Å². The van der Waals surface area contributed by atoms with E-state index < -0.39 is 0 Å². The lowest BCUT2D eigenvalue weighted by molar-refractivity contribution is 0.425. The van der Waals surface area contributed by atoms with Crippen LogP contribution in [0.15, 0.2) is 0 Å². The average molecular weight is 191 g/mol. The fraction of sp³-hybridized carbons (Fsp3) is 0.636. The van der Waals surface area contributed by atoms with Gasteiger partial charge in [0.05, 0.1) is 0 Å². The molecule has 0 atom stereocenters. The molecule has 3 heteroatoms. The first-order valence-electron chi connectivity index (χ1n) is 5.14. The van der Waals surface area contributed by atoms with Gasteiger partial charge < -0.3 is 5.73 Å². The number of aryl methyl sites for hydroxylation is 2. The van der Waals surface area contributed by atoms with Gasteiger partial charge in [0.25, 0.3) is 0 Å². The molecule has 2 N–H and O–H groups in total. The van der Waals surface area contributed by atoms with Crippen molar-refractivity contribution in [3.8, 4) is 0 Å². The van der Waals surface area contributed by atoms with Gasteiger partial charge in [-0.25, -0.2) is 9.97 Å². The van der Waals surface area contributed by atoms with Crippen LogP contribution < -0.4 is 5.73 Å². The Labute approximate surface area is 84.8 Å². The van der Waals surface area contributed by atoms with E-state index in [0.29, 0.717) is 5.82 Å². The minimum Gasteiger partial charge on any atom is -0.383 e. The molecule has 0 aromatic carbocycles. The molecule has 0 saturated carbocycles. The molecule has 0 bridgehead atoms. The van der Waals surface area contributed by atoms with Crippen LogP contribution in [0, 0.1) is 6.92 Å². The molecule has 1 aromatic heterocycles. The van der Waals surface area contributed by atoms with Crippen LogP contribution in [0.3, 0.4) is 0 Å². The molecule has 0 radical (unpaired) electrons. The number of hydrogen-bond acceptors (Lipinski definition) is 3. The number of nitrogen functional groups attached to an aromatic ring is 1. The van der Waals surface area contributed by atoms with Crippen LogP contribution in [0.5, 0.6) is 0 Å².